The molecule has 0 unspecified atom stereocenters. The van der Waals surface area contributed by atoms with Crippen LogP contribution in [0.3, 0.4) is 0 Å². The van der Waals surface area contributed by atoms with Gasteiger partial charge in [0.05, 0.1) is 6.54 Å². The molecular weight excluding hydrogens is 338 g/mol. The SMILES string of the molecule is Cc1ccc(/C=C/C(=O)NCc2nc(-c3ccc(Cl)cc3)no2)cc1. The number of amides is 1. The van der Waals surface area contributed by atoms with Crippen LogP contribution in [0.2, 0.25) is 5.02 Å². The molecule has 3 aromatic rings. The maximum absolute atomic E-state index is 11.9. The first kappa shape index (κ1) is 16.9. The highest BCUT2D eigenvalue weighted by Gasteiger charge is 2.09. The lowest BCUT2D eigenvalue weighted by Gasteiger charge is -1.97. The third kappa shape index (κ3) is 4.78. The molecule has 0 atom stereocenters. The maximum Gasteiger partial charge on any atom is 0.246 e. The fourth-order valence-corrected chi connectivity index (χ4v) is 2.24. The quantitative estimate of drug-likeness (QED) is 0.703. The molecule has 0 aliphatic carbocycles. The van der Waals surface area contributed by atoms with Crippen LogP contribution in [0, 0.1) is 6.92 Å². The lowest BCUT2D eigenvalue weighted by molar-refractivity contribution is -0.116. The van der Waals surface area contributed by atoms with E-state index in [1.165, 1.54) is 11.6 Å². The highest BCUT2D eigenvalue weighted by molar-refractivity contribution is 6.30. The zero-order valence-electron chi connectivity index (χ0n) is 13.6. The van der Waals surface area contributed by atoms with Gasteiger partial charge in [-0.1, -0.05) is 46.6 Å². The fraction of sp³-hybridized carbons (Fsp3) is 0.105. The Hall–Kier alpha value is -2.92. The first-order chi connectivity index (χ1) is 12.1. The van der Waals surface area contributed by atoms with Crippen LogP contribution in [0.25, 0.3) is 17.5 Å². The van der Waals surface area contributed by atoms with Crippen molar-refractivity contribution in [3.05, 3.63) is 76.6 Å². The van der Waals surface area contributed by atoms with Gasteiger partial charge in [0.2, 0.25) is 17.6 Å². The van der Waals surface area contributed by atoms with Gasteiger partial charge < -0.3 is 9.84 Å². The monoisotopic (exact) mass is 353 g/mol. The van der Waals surface area contributed by atoms with Crippen LogP contribution in [0.4, 0.5) is 0 Å². The van der Waals surface area contributed by atoms with Gasteiger partial charge >= 0.3 is 0 Å². The third-order valence-electron chi connectivity index (χ3n) is 3.49. The van der Waals surface area contributed by atoms with Crippen molar-refractivity contribution in [2.24, 2.45) is 0 Å². The van der Waals surface area contributed by atoms with Crippen molar-refractivity contribution >= 4 is 23.6 Å². The highest BCUT2D eigenvalue weighted by atomic mass is 35.5. The molecule has 0 spiro atoms. The second-order valence-electron chi connectivity index (χ2n) is 5.48. The Labute approximate surface area is 150 Å². The molecule has 1 amide bonds. The maximum atomic E-state index is 11.9. The van der Waals surface area contributed by atoms with Gasteiger partial charge in [-0.2, -0.15) is 4.98 Å². The number of nitrogens with one attached hydrogen (secondary N) is 1. The van der Waals surface area contributed by atoms with Crippen molar-refractivity contribution in [3.8, 4) is 11.4 Å². The molecule has 1 N–H and O–H groups in total. The first-order valence-corrected chi connectivity index (χ1v) is 8.09. The highest BCUT2D eigenvalue weighted by Crippen LogP contribution is 2.18. The molecule has 0 aliphatic rings. The van der Waals surface area contributed by atoms with Crippen molar-refractivity contribution in [2.45, 2.75) is 13.5 Å². The lowest BCUT2D eigenvalue weighted by atomic mass is 10.1. The molecule has 0 aliphatic heterocycles. The number of carbonyl (C=O) groups excluding carboxylic acids is 1. The van der Waals surface area contributed by atoms with Gasteiger partial charge in [0.1, 0.15) is 0 Å². The van der Waals surface area contributed by atoms with Gasteiger partial charge in [0.25, 0.3) is 0 Å². The molecule has 0 bridgehead atoms. The van der Waals surface area contributed by atoms with E-state index in [2.05, 4.69) is 15.5 Å². The zero-order valence-corrected chi connectivity index (χ0v) is 14.3. The summed E-state index contributed by atoms with van der Waals surface area (Å²) in [4.78, 5) is 16.1. The fourth-order valence-electron chi connectivity index (χ4n) is 2.11. The third-order valence-corrected chi connectivity index (χ3v) is 3.74. The smallest absolute Gasteiger partial charge is 0.246 e. The van der Waals surface area contributed by atoms with Gasteiger partial charge in [0.15, 0.2) is 0 Å². The minimum atomic E-state index is -0.230. The van der Waals surface area contributed by atoms with Gasteiger partial charge in [-0.15, -0.1) is 0 Å². The van der Waals surface area contributed by atoms with Crippen LogP contribution in [0.15, 0.2) is 59.1 Å². The molecule has 25 heavy (non-hydrogen) atoms. The molecular formula is C19H16ClN3O2. The average Bonchev–Trinajstić information content (AvgIpc) is 3.09. The molecule has 1 heterocycles. The Balaban J connectivity index is 1.55. The Morgan fingerprint density at radius 1 is 1.16 bits per heavy atom. The number of carbonyl (C=O) groups is 1. The largest absolute Gasteiger partial charge is 0.343 e. The summed E-state index contributed by atoms with van der Waals surface area (Å²) < 4.78 is 5.14. The van der Waals surface area contributed by atoms with Gasteiger partial charge in [-0.25, -0.2) is 0 Å². The molecule has 126 valence electrons. The molecule has 3 rings (SSSR count). The van der Waals surface area contributed by atoms with E-state index in [-0.39, 0.29) is 12.5 Å². The molecule has 5 nitrogen and oxygen atoms in total. The second-order valence-corrected chi connectivity index (χ2v) is 5.92. The summed E-state index contributed by atoms with van der Waals surface area (Å²) in [6, 6.07) is 15.0. The Bertz CT molecular complexity index is 884. The van der Waals surface area contributed by atoms with Gasteiger partial charge in [-0.05, 0) is 42.8 Å². The summed E-state index contributed by atoms with van der Waals surface area (Å²) in [5.74, 6) is 0.560. The van der Waals surface area contributed by atoms with Crippen LogP contribution < -0.4 is 5.32 Å². The molecule has 0 radical (unpaired) electrons. The van der Waals surface area contributed by atoms with E-state index in [0.717, 1.165) is 11.1 Å². The predicted molar refractivity (Wildman–Crippen MR) is 96.8 cm³/mol. The summed E-state index contributed by atoms with van der Waals surface area (Å²) in [6.45, 7) is 2.18. The second kappa shape index (κ2) is 7.77. The van der Waals surface area contributed by atoms with Crippen molar-refractivity contribution in [3.63, 3.8) is 0 Å². The van der Waals surface area contributed by atoms with Gasteiger partial charge in [-0.3, -0.25) is 4.79 Å². The summed E-state index contributed by atoms with van der Waals surface area (Å²) in [7, 11) is 0. The number of aryl methyl sites for hydroxylation is 1. The summed E-state index contributed by atoms with van der Waals surface area (Å²) in [6.07, 6.45) is 3.23. The van der Waals surface area contributed by atoms with Crippen molar-refractivity contribution in [1.82, 2.24) is 15.5 Å². The number of nitrogens with zero attached hydrogens (tertiary/aromatic N) is 2. The minimum absolute atomic E-state index is 0.164. The molecule has 0 fully saturated rings. The van der Waals surface area contributed by atoms with E-state index in [1.807, 2.05) is 31.2 Å². The molecule has 0 saturated heterocycles. The van der Waals surface area contributed by atoms with Crippen molar-refractivity contribution in [2.75, 3.05) is 0 Å². The van der Waals surface area contributed by atoms with E-state index in [1.54, 1.807) is 30.3 Å². The summed E-state index contributed by atoms with van der Waals surface area (Å²) in [5.41, 5.74) is 2.93. The molecule has 6 heteroatoms. The number of hydrogen-bond donors (Lipinski definition) is 1. The van der Waals surface area contributed by atoms with Crippen molar-refractivity contribution < 1.29 is 9.32 Å². The average molecular weight is 354 g/mol. The van der Waals surface area contributed by atoms with E-state index < -0.39 is 0 Å². The molecule has 1 aromatic heterocycles. The zero-order chi connectivity index (χ0) is 17.6. The molecule has 2 aromatic carbocycles. The van der Waals surface area contributed by atoms with Crippen LogP contribution in [-0.2, 0) is 11.3 Å². The van der Waals surface area contributed by atoms with Gasteiger partial charge in [0, 0.05) is 16.7 Å². The number of benzene rings is 2. The number of hydrogen-bond acceptors (Lipinski definition) is 4. The standard InChI is InChI=1S/C19H16ClN3O2/c1-13-2-4-14(5-3-13)6-11-17(24)21-12-18-22-19(23-25-18)15-7-9-16(20)10-8-15/h2-11H,12H2,1H3,(H,21,24)/b11-6+. The van der Waals surface area contributed by atoms with Crippen molar-refractivity contribution in [1.29, 1.82) is 0 Å². The normalized spacial score (nSPS) is 11.0. The van der Waals surface area contributed by atoms with E-state index in [9.17, 15) is 4.79 Å². The van der Waals surface area contributed by atoms with E-state index in [0.29, 0.717) is 16.7 Å². The number of halogens is 1. The topological polar surface area (TPSA) is 68.0 Å². The van der Waals surface area contributed by atoms with E-state index >= 15 is 0 Å². The van der Waals surface area contributed by atoms with Crippen LogP contribution in [0.1, 0.15) is 17.0 Å². The first-order valence-electron chi connectivity index (χ1n) is 7.71. The summed E-state index contributed by atoms with van der Waals surface area (Å²) in [5, 5.41) is 7.25. The van der Waals surface area contributed by atoms with Crippen LogP contribution in [0.5, 0.6) is 0 Å². The Morgan fingerprint density at radius 2 is 1.88 bits per heavy atom. The summed E-state index contributed by atoms with van der Waals surface area (Å²) >= 11 is 5.85. The predicted octanol–water partition coefficient (Wildman–Crippen LogP) is 4.03. The van der Waals surface area contributed by atoms with E-state index in [4.69, 9.17) is 16.1 Å². The molecule has 0 saturated carbocycles. The van der Waals surface area contributed by atoms with Crippen LogP contribution >= 0.6 is 11.6 Å². The number of aromatic nitrogens is 2. The van der Waals surface area contributed by atoms with Crippen LogP contribution in [-0.4, -0.2) is 16.0 Å². The Morgan fingerprint density at radius 3 is 2.60 bits per heavy atom. The number of rotatable bonds is 5. The Kier molecular flexibility index (Phi) is 5.26. The lowest BCUT2D eigenvalue weighted by Crippen LogP contribution is -2.20. The minimum Gasteiger partial charge on any atom is -0.343 e.